The van der Waals surface area contributed by atoms with Crippen molar-refractivity contribution in [3.05, 3.63) is 83.0 Å². The second kappa shape index (κ2) is 5.94. The summed E-state index contributed by atoms with van der Waals surface area (Å²) >= 11 is 5.93. The number of halogens is 1. The fraction of sp³-hybridized carbons (Fsp3) is 0.0588. The van der Waals surface area contributed by atoms with E-state index in [0.29, 0.717) is 0 Å². The van der Waals surface area contributed by atoms with Gasteiger partial charge in [-0.2, -0.15) is 0 Å². The first-order valence-corrected chi connectivity index (χ1v) is 7.11. The summed E-state index contributed by atoms with van der Waals surface area (Å²) in [6.07, 6.45) is 6.06. The first-order valence-electron chi connectivity index (χ1n) is 6.73. The fourth-order valence-electron chi connectivity index (χ4n) is 2.24. The van der Waals surface area contributed by atoms with Crippen molar-refractivity contribution in [3.8, 4) is 0 Å². The van der Waals surface area contributed by atoms with Gasteiger partial charge in [-0.1, -0.05) is 35.9 Å². The summed E-state index contributed by atoms with van der Waals surface area (Å²) in [5, 5.41) is 2.76. The smallest absolute Gasteiger partial charge is 0.0638 e. The number of anilines is 1. The topological polar surface area (TPSA) is 41.3 Å². The maximum absolute atomic E-state index is 5.93. The molecule has 0 unspecified atom stereocenters. The maximum atomic E-state index is 5.93. The highest BCUT2D eigenvalue weighted by Gasteiger charge is 2.09. The number of rotatable bonds is 3. The highest BCUT2D eigenvalue weighted by atomic mass is 35.5. The molecule has 1 aliphatic heterocycles. The summed E-state index contributed by atoms with van der Waals surface area (Å²) in [4.78, 5) is 0. The lowest BCUT2D eigenvalue weighted by atomic mass is 10.1. The third-order valence-electron chi connectivity index (χ3n) is 3.25. The quantitative estimate of drug-likeness (QED) is 0.847. The Morgan fingerprint density at radius 3 is 2.67 bits per heavy atom. The molecule has 0 aromatic heterocycles. The standard InChI is InChI=1S/C17H16ClN3/c18-15-8-6-14(7-9-15)17-5-2-10-21(20-17)12-13-3-1-4-16(19)11-13/h1-11,20H,12,19H2. The molecule has 0 radical (unpaired) electrons. The summed E-state index contributed by atoms with van der Waals surface area (Å²) < 4.78 is 0. The summed E-state index contributed by atoms with van der Waals surface area (Å²) in [6.45, 7) is 0.743. The largest absolute Gasteiger partial charge is 0.399 e. The molecule has 0 bridgehead atoms. The van der Waals surface area contributed by atoms with Crippen LogP contribution in [0.15, 0.2) is 66.9 Å². The van der Waals surface area contributed by atoms with Crippen LogP contribution in [0.4, 0.5) is 5.69 Å². The van der Waals surface area contributed by atoms with Gasteiger partial charge in [0.05, 0.1) is 12.2 Å². The van der Waals surface area contributed by atoms with E-state index in [4.69, 9.17) is 17.3 Å². The SMILES string of the molecule is Nc1cccc(CN2C=CC=C(c3ccc(Cl)cc3)N2)c1. The predicted molar refractivity (Wildman–Crippen MR) is 88.1 cm³/mol. The van der Waals surface area contributed by atoms with E-state index in [9.17, 15) is 0 Å². The molecule has 2 aromatic rings. The van der Waals surface area contributed by atoms with Crippen LogP contribution in [0.1, 0.15) is 11.1 Å². The van der Waals surface area contributed by atoms with Crippen molar-refractivity contribution in [1.82, 2.24) is 10.4 Å². The predicted octanol–water partition coefficient (Wildman–Crippen LogP) is 3.80. The Bertz CT molecular complexity index is 689. The van der Waals surface area contributed by atoms with E-state index in [1.165, 1.54) is 0 Å². The van der Waals surface area contributed by atoms with Gasteiger partial charge in [-0.15, -0.1) is 0 Å². The molecule has 0 fully saturated rings. The number of hydrazine groups is 1. The minimum atomic E-state index is 0.738. The van der Waals surface area contributed by atoms with Crippen molar-refractivity contribution in [2.45, 2.75) is 6.54 Å². The van der Waals surface area contributed by atoms with Crippen molar-refractivity contribution in [1.29, 1.82) is 0 Å². The van der Waals surface area contributed by atoms with Crippen LogP contribution in [0.2, 0.25) is 5.02 Å². The fourth-order valence-corrected chi connectivity index (χ4v) is 2.37. The Hall–Kier alpha value is -2.39. The number of nitrogens with one attached hydrogen (secondary N) is 1. The molecule has 0 amide bonds. The molecule has 0 aliphatic carbocycles. The lowest BCUT2D eigenvalue weighted by Gasteiger charge is -2.27. The van der Waals surface area contributed by atoms with Gasteiger partial charge in [-0.25, -0.2) is 0 Å². The van der Waals surface area contributed by atoms with Crippen molar-refractivity contribution in [2.24, 2.45) is 0 Å². The van der Waals surface area contributed by atoms with E-state index in [-0.39, 0.29) is 0 Å². The van der Waals surface area contributed by atoms with Crippen LogP contribution in [0.25, 0.3) is 5.70 Å². The third-order valence-corrected chi connectivity index (χ3v) is 3.50. The van der Waals surface area contributed by atoms with Crippen molar-refractivity contribution >= 4 is 23.0 Å². The molecule has 3 rings (SSSR count). The van der Waals surface area contributed by atoms with Crippen LogP contribution in [-0.2, 0) is 6.54 Å². The summed E-state index contributed by atoms with van der Waals surface area (Å²) in [7, 11) is 0. The minimum absolute atomic E-state index is 0.738. The minimum Gasteiger partial charge on any atom is -0.399 e. The van der Waals surface area contributed by atoms with Gasteiger partial charge in [0.1, 0.15) is 0 Å². The summed E-state index contributed by atoms with van der Waals surface area (Å²) in [5.74, 6) is 0. The lowest BCUT2D eigenvalue weighted by Crippen LogP contribution is -2.33. The Balaban J connectivity index is 1.72. The number of nitrogen functional groups attached to an aromatic ring is 1. The molecule has 3 N–H and O–H groups in total. The van der Waals surface area contributed by atoms with Crippen LogP contribution in [0.5, 0.6) is 0 Å². The monoisotopic (exact) mass is 297 g/mol. The van der Waals surface area contributed by atoms with Gasteiger partial charge in [0.2, 0.25) is 0 Å². The maximum Gasteiger partial charge on any atom is 0.0638 e. The molecule has 0 atom stereocenters. The number of benzene rings is 2. The zero-order valence-electron chi connectivity index (χ0n) is 11.5. The molecule has 0 saturated carbocycles. The van der Waals surface area contributed by atoms with Crippen molar-refractivity contribution < 1.29 is 0 Å². The molecule has 4 heteroatoms. The van der Waals surface area contributed by atoms with Crippen LogP contribution in [-0.4, -0.2) is 5.01 Å². The lowest BCUT2D eigenvalue weighted by molar-refractivity contribution is 0.313. The van der Waals surface area contributed by atoms with Gasteiger partial charge in [-0.05, 0) is 47.5 Å². The van der Waals surface area contributed by atoms with Crippen molar-refractivity contribution in [2.75, 3.05) is 5.73 Å². The zero-order valence-corrected chi connectivity index (χ0v) is 12.2. The summed E-state index contributed by atoms with van der Waals surface area (Å²) in [5.41, 5.74) is 13.3. The van der Waals surface area contributed by atoms with Crippen LogP contribution >= 0.6 is 11.6 Å². The van der Waals surface area contributed by atoms with E-state index in [2.05, 4.69) is 11.5 Å². The third kappa shape index (κ3) is 3.38. The average molecular weight is 298 g/mol. The van der Waals surface area contributed by atoms with Gasteiger partial charge in [-0.3, -0.25) is 10.4 Å². The van der Waals surface area contributed by atoms with Crippen LogP contribution in [0, 0.1) is 0 Å². The van der Waals surface area contributed by atoms with Crippen LogP contribution in [0.3, 0.4) is 0 Å². The number of hydrogen-bond donors (Lipinski definition) is 2. The molecule has 3 nitrogen and oxygen atoms in total. The van der Waals surface area contributed by atoms with E-state index in [0.717, 1.165) is 34.1 Å². The molecule has 1 aliphatic rings. The highest BCUT2D eigenvalue weighted by molar-refractivity contribution is 6.30. The van der Waals surface area contributed by atoms with Gasteiger partial charge in [0, 0.05) is 16.9 Å². The van der Waals surface area contributed by atoms with Gasteiger partial charge >= 0.3 is 0 Å². The second-order valence-corrected chi connectivity index (χ2v) is 5.35. The van der Waals surface area contributed by atoms with Gasteiger partial charge < -0.3 is 5.73 Å². The second-order valence-electron chi connectivity index (χ2n) is 4.91. The number of nitrogens with two attached hydrogens (primary N) is 1. The van der Waals surface area contributed by atoms with E-state index in [1.807, 2.05) is 65.8 Å². The van der Waals surface area contributed by atoms with E-state index < -0.39 is 0 Å². The van der Waals surface area contributed by atoms with E-state index in [1.54, 1.807) is 0 Å². The highest BCUT2D eigenvalue weighted by Crippen LogP contribution is 2.19. The number of allylic oxidation sites excluding steroid dienone is 2. The molecule has 106 valence electrons. The van der Waals surface area contributed by atoms with Crippen molar-refractivity contribution in [3.63, 3.8) is 0 Å². The Labute approximate surface area is 129 Å². The Morgan fingerprint density at radius 2 is 1.90 bits per heavy atom. The summed E-state index contributed by atoms with van der Waals surface area (Å²) in [6, 6.07) is 15.7. The molecule has 21 heavy (non-hydrogen) atoms. The average Bonchev–Trinajstić information content (AvgIpc) is 2.48. The number of nitrogens with zero attached hydrogens (tertiary/aromatic N) is 1. The molecule has 0 saturated heterocycles. The van der Waals surface area contributed by atoms with Gasteiger partial charge in [0.15, 0.2) is 0 Å². The first-order chi connectivity index (χ1) is 10.2. The normalized spacial score (nSPS) is 13.8. The molecule has 1 heterocycles. The van der Waals surface area contributed by atoms with Gasteiger partial charge in [0.25, 0.3) is 0 Å². The first kappa shape index (κ1) is 13.6. The van der Waals surface area contributed by atoms with Crippen LogP contribution < -0.4 is 11.2 Å². The molecule has 2 aromatic carbocycles. The molecule has 0 spiro atoms. The number of hydrogen-bond acceptors (Lipinski definition) is 3. The zero-order chi connectivity index (χ0) is 14.7. The van der Waals surface area contributed by atoms with E-state index >= 15 is 0 Å². The molecular formula is C17H16ClN3. The molecular weight excluding hydrogens is 282 g/mol. The Morgan fingerprint density at radius 1 is 1.10 bits per heavy atom. The Kier molecular flexibility index (Phi) is 3.84.